The number of Topliss-reactive ketones (excluding diaryl/α,β-unsaturated/α-hetero) is 1. The molecule has 4 rings (SSSR count). The average molecular weight is 434 g/mol. The van der Waals surface area contributed by atoms with Gasteiger partial charge in [-0.3, -0.25) is 24.8 Å². The summed E-state index contributed by atoms with van der Waals surface area (Å²) in [6.45, 7) is 1.84. The number of carbonyl (C=O) groups excluding carboxylic acids is 2. The molecule has 1 atom stereocenters. The highest BCUT2D eigenvalue weighted by Crippen LogP contribution is 2.46. The van der Waals surface area contributed by atoms with Gasteiger partial charge in [-0.15, -0.1) is 0 Å². The number of hydrogen-bond acceptors (Lipinski definition) is 8. The Bertz CT molecular complexity index is 1140. The fourth-order valence-electron chi connectivity index (χ4n) is 4.29. The van der Waals surface area contributed by atoms with Gasteiger partial charge >= 0.3 is 5.97 Å². The quantitative estimate of drug-likeness (QED) is 0.431. The number of nitro benzene ring substituents is 1. The van der Waals surface area contributed by atoms with Crippen molar-refractivity contribution in [1.29, 1.82) is 0 Å². The SMILES string of the molecule is CCOC(=O)C1=C(N)N(c2ccc([N+](=O)[O-])cc2)C2=C(C(=O)CCC2)C1c1cccnc1. The first-order chi connectivity index (χ1) is 15.4. The number of pyridine rings is 1. The third-order valence-corrected chi connectivity index (χ3v) is 5.62. The molecule has 2 aliphatic rings. The maximum absolute atomic E-state index is 13.2. The number of nitro groups is 1. The molecule has 0 saturated heterocycles. The van der Waals surface area contributed by atoms with Crippen LogP contribution in [-0.2, 0) is 14.3 Å². The minimum atomic E-state index is -0.695. The van der Waals surface area contributed by atoms with Crippen LogP contribution < -0.4 is 10.6 Å². The molecule has 1 unspecified atom stereocenters. The average Bonchev–Trinajstić information content (AvgIpc) is 2.79. The van der Waals surface area contributed by atoms with E-state index in [1.807, 2.05) is 0 Å². The van der Waals surface area contributed by atoms with Gasteiger partial charge in [0.25, 0.3) is 5.69 Å². The molecule has 164 valence electrons. The molecule has 0 bridgehead atoms. The molecular weight excluding hydrogens is 412 g/mol. The van der Waals surface area contributed by atoms with Crippen LogP contribution in [0.4, 0.5) is 11.4 Å². The first-order valence-corrected chi connectivity index (χ1v) is 10.3. The third kappa shape index (κ3) is 3.62. The Morgan fingerprint density at radius 3 is 2.66 bits per heavy atom. The fourth-order valence-corrected chi connectivity index (χ4v) is 4.29. The topological polar surface area (TPSA) is 129 Å². The lowest BCUT2D eigenvalue weighted by atomic mass is 9.75. The lowest BCUT2D eigenvalue weighted by Crippen LogP contribution is -2.41. The number of hydrogen-bond donors (Lipinski definition) is 1. The molecular formula is C23H22N4O5. The Morgan fingerprint density at radius 1 is 1.28 bits per heavy atom. The maximum Gasteiger partial charge on any atom is 0.338 e. The Labute approximate surface area is 184 Å². The number of anilines is 1. The summed E-state index contributed by atoms with van der Waals surface area (Å²) in [6, 6.07) is 9.39. The van der Waals surface area contributed by atoms with E-state index in [4.69, 9.17) is 10.5 Å². The third-order valence-electron chi connectivity index (χ3n) is 5.62. The minimum Gasteiger partial charge on any atom is -0.463 e. The van der Waals surface area contributed by atoms with Crippen LogP contribution in [0.1, 0.15) is 37.7 Å². The summed E-state index contributed by atoms with van der Waals surface area (Å²) in [6.07, 6.45) is 4.81. The van der Waals surface area contributed by atoms with Crippen molar-refractivity contribution in [1.82, 2.24) is 4.98 Å². The van der Waals surface area contributed by atoms with E-state index < -0.39 is 16.8 Å². The summed E-state index contributed by atoms with van der Waals surface area (Å²) < 4.78 is 5.31. The van der Waals surface area contributed by atoms with Crippen molar-refractivity contribution >= 4 is 23.1 Å². The van der Waals surface area contributed by atoms with Gasteiger partial charge in [0.15, 0.2) is 5.78 Å². The molecule has 1 aliphatic carbocycles. The summed E-state index contributed by atoms with van der Waals surface area (Å²) in [5.41, 5.74) is 9.04. The molecule has 9 nitrogen and oxygen atoms in total. The van der Waals surface area contributed by atoms with Crippen molar-refractivity contribution in [3.8, 4) is 0 Å². The summed E-state index contributed by atoms with van der Waals surface area (Å²) >= 11 is 0. The standard InChI is InChI=1S/C23H22N4O5/c1-2-32-23(29)21-19(14-5-4-12-25-13-14)20-17(6-3-7-18(20)28)26(22(21)24)15-8-10-16(11-9-15)27(30)31/h4-5,8-13,19H,2-3,6-7,24H2,1H3. The Balaban J connectivity index is 1.95. The number of allylic oxidation sites excluding steroid dienone is 2. The van der Waals surface area contributed by atoms with Crippen LogP contribution >= 0.6 is 0 Å². The molecule has 0 fully saturated rings. The van der Waals surface area contributed by atoms with Crippen LogP contribution in [-0.4, -0.2) is 28.3 Å². The molecule has 0 amide bonds. The summed E-state index contributed by atoms with van der Waals surface area (Å²) in [5.74, 6) is -1.24. The predicted molar refractivity (Wildman–Crippen MR) is 116 cm³/mol. The number of ketones is 1. The number of nitrogens with two attached hydrogens (primary N) is 1. The number of aromatic nitrogens is 1. The maximum atomic E-state index is 13.2. The van der Waals surface area contributed by atoms with E-state index in [0.717, 1.165) is 0 Å². The van der Waals surface area contributed by atoms with Gasteiger partial charge in [0, 0.05) is 47.9 Å². The second-order valence-electron chi connectivity index (χ2n) is 7.48. The van der Waals surface area contributed by atoms with Crippen LogP contribution in [0.3, 0.4) is 0 Å². The molecule has 0 saturated carbocycles. The Hall–Kier alpha value is -4.01. The second kappa shape index (κ2) is 8.62. The van der Waals surface area contributed by atoms with Gasteiger partial charge in [-0.25, -0.2) is 4.79 Å². The van der Waals surface area contributed by atoms with Crippen molar-refractivity contribution in [2.75, 3.05) is 11.5 Å². The Kier molecular flexibility index (Phi) is 5.72. The second-order valence-corrected chi connectivity index (χ2v) is 7.48. The first-order valence-electron chi connectivity index (χ1n) is 10.3. The molecule has 1 aliphatic heterocycles. The zero-order valence-corrected chi connectivity index (χ0v) is 17.5. The normalized spacial score (nSPS) is 18.5. The Morgan fingerprint density at radius 2 is 2.03 bits per heavy atom. The lowest BCUT2D eigenvalue weighted by Gasteiger charge is -2.40. The zero-order chi connectivity index (χ0) is 22.8. The number of rotatable bonds is 5. The van der Waals surface area contributed by atoms with Crippen molar-refractivity contribution in [3.05, 3.63) is 87.1 Å². The highest BCUT2D eigenvalue weighted by molar-refractivity contribution is 6.05. The van der Waals surface area contributed by atoms with Crippen molar-refractivity contribution in [3.63, 3.8) is 0 Å². The van der Waals surface area contributed by atoms with E-state index in [2.05, 4.69) is 4.98 Å². The van der Waals surface area contributed by atoms with Crippen LogP contribution in [0.5, 0.6) is 0 Å². The van der Waals surface area contributed by atoms with Crippen molar-refractivity contribution in [2.24, 2.45) is 5.73 Å². The van der Waals surface area contributed by atoms with Crippen LogP contribution in [0.15, 0.2) is 71.5 Å². The summed E-state index contributed by atoms with van der Waals surface area (Å²) in [5, 5.41) is 11.1. The number of esters is 1. The number of nitrogens with zero attached hydrogens (tertiary/aromatic N) is 3. The van der Waals surface area contributed by atoms with E-state index >= 15 is 0 Å². The molecule has 32 heavy (non-hydrogen) atoms. The highest BCUT2D eigenvalue weighted by atomic mass is 16.6. The van der Waals surface area contributed by atoms with Gasteiger partial charge in [-0.05, 0) is 43.5 Å². The lowest BCUT2D eigenvalue weighted by molar-refractivity contribution is -0.384. The molecule has 9 heteroatoms. The summed E-state index contributed by atoms with van der Waals surface area (Å²) in [7, 11) is 0. The molecule has 2 heterocycles. The number of non-ortho nitro benzene ring substituents is 1. The van der Waals surface area contributed by atoms with Crippen LogP contribution in [0.25, 0.3) is 0 Å². The van der Waals surface area contributed by atoms with E-state index in [1.165, 1.54) is 12.1 Å². The highest BCUT2D eigenvalue weighted by Gasteiger charge is 2.43. The molecule has 2 aromatic rings. The summed E-state index contributed by atoms with van der Waals surface area (Å²) in [4.78, 5) is 42.6. The van der Waals surface area contributed by atoms with Gasteiger partial charge < -0.3 is 10.5 Å². The first kappa shape index (κ1) is 21.2. The van der Waals surface area contributed by atoms with Crippen molar-refractivity contribution in [2.45, 2.75) is 32.1 Å². The molecule has 2 N–H and O–H groups in total. The van der Waals surface area contributed by atoms with E-state index in [0.29, 0.717) is 41.8 Å². The predicted octanol–water partition coefficient (Wildman–Crippen LogP) is 3.33. The van der Waals surface area contributed by atoms with Crippen LogP contribution in [0, 0.1) is 10.1 Å². The zero-order valence-electron chi connectivity index (χ0n) is 17.5. The van der Waals surface area contributed by atoms with Gasteiger partial charge in [0.05, 0.1) is 23.0 Å². The van der Waals surface area contributed by atoms with Crippen molar-refractivity contribution < 1.29 is 19.2 Å². The molecule has 0 radical (unpaired) electrons. The van der Waals surface area contributed by atoms with E-state index in [1.54, 1.807) is 48.5 Å². The smallest absolute Gasteiger partial charge is 0.338 e. The van der Waals surface area contributed by atoms with Gasteiger partial charge in [0.2, 0.25) is 0 Å². The van der Waals surface area contributed by atoms with Gasteiger partial charge in [-0.2, -0.15) is 0 Å². The van der Waals surface area contributed by atoms with Crippen LogP contribution in [0.2, 0.25) is 0 Å². The number of benzene rings is 1. The monoisotopic (exact) mass is 434 g/mol. The molecule has 1 aromatic carbocycles. The molecule has 0 spiro atoms. The van der Waals surface area contributed by atoms with E-state index in [-0.39, 0.29) is 29.5 Å². The molecule has 1 aromatic heterocycles. The number of ether oxygens (including phenoxy) is 1. The fraction of sp³-hybridized carbons (Fsp3) is 0.261. The number of carbonyl (C=O) groups is 2. The van der Waals surface area contributed by atoms with Gasteiger partial charge in [0.1, 0.15) is 5.82 Å². The minimum absolute atomic E-state index is 0.0682. The van der Waals surface area contributed by atoms with E-state index in [9.17, 15) is 19.7 Å². The largest absolute Gasteiger partial charge is 0.463 e. The van der Waals surface area contributed by atoms with Gasteiger partial charge in [-0.1, -0.05) is 6.07 Å².